The molecule has 0 unspecified atom stereocenters. The van der Waals surface area contributed by atoms with Gasteiger partial charge in [-0.2, -0.15) is 5.26 Å². The first kappa shape index (κ1) is 10.5. The van der Waals surface area contributed by atoms with Gasteiger partial charge in [0.2, 0.25) is 0 Å². The molecule has 0 aromatic carbocycles. The lowest BCUT2D eigenvalue weighted by Gasteiger charge is -2.20. The normalized spacial score (nSPS) is 11.1. The minimum Gasteiger partial charge on any atom is -0.325 e. The summed E-state index contributed by atoms with van der Waals surface area (Å²) in [7, 11) is 0. The third kappa shape index (κ3) is 1.85. The Morgan fingerprint density at radius 3 is 2.43 bits per heavy atom. The third-order valence-electron chi connectivity index (χ3n) is 2.09. The van der Waals surface area contributed by atoms with E-state index in [1.165, 1.54) is 0 Å². The number of rotatable bonds is 0. The van der Waals surface area contributed by atoms with Gasteiger partial charge in [-0.25, -0.2) is 0 Å². The zero-order chi connectivity index (χ0) is 10.9. The molecule has 0 bridgehead atoms. The minimum atomic E-state index is -0.294. The topological polar surface area (TPSA) is 56.6 Å². The maximum atomic E-state index is 11.5. The van der Waals surface area contributed by atoms with E-state index < -0.39 is 0 Å². The molecule has 0 aliphatic carbocycles. The summed E-state index contributed by atoms with van der Waals surface area (Å²) in [5, 5.41) is 8.88. The molecule has 0 saturated carbocycles. The standard InChI is InChI=1S/C11H14N2O/c1-7-5-9(11(2,3)4)8(6-12)10(14)13-7/h5H,1-4H3,(H,13,14). The Labute approximate surface area is 83.4 Å². The van der Waals surface area contributed by atoms with Gasteiger partial charge in [0.05, 0.1) is 0 Å². The Hall–Kier alpha value is -1.56. The second-order valence-corrected chi connectivity index (χ2v) is 4.43. The molecule has 74 valence electrons. The molecule has 0 atom stereocenters. The van der Waals surface area contributed by atoms with E-state index >= 15 is 0 Å². The van der Waals surface area contributed by atoms with Gasteiger partial charge >= 0.3 is 0 Å². The lowest BCUT2D eigenvalue weighted by molar-refractivity contribution is 0.585. The summed E-state index contributed by atoms with van der Waals surface area (Å²) >= 11 is 0. The Morgan fingerprint density at radius 2 is 2.00 bits per heavy atom. The molecule has 1 rings (SSSR count). The van der Waals surface area contributed by atoms with Crippen LogP contribution < -0.4 is 5.56 Å². The summed E-state index contributed by atoms with van der Waals surface area (Å²) in [4.78, 5) is 14.1. The van der Waals surface area contributed by atoms with Crippen LogP contribution in [0, 0.1) is 18.3 Å². The Balaban J connectivity index is 3.59. The third-order valence-corrected chi connectivity index (χ3v) is 2.09. The molecular weight excluding hydrogens is 176 g/mol. The van der Waals surface area contributed by atoms with Crippen LogP contribution in [0.25, 0.3) is 0 Å². The summed E-state index contributed by atoms with van der Waals surface area (Å²) in [5.41, 5.74) is 1.35. The summed E-state index contributed by atoms with van der Waals surface area (Å²) in [6.07, 6.45) is 0. The second-order valence-electron chi connectivity index (χ2n) is 4.43. The predicted octanol–water partition coefficient (Wildman–Crippen LogP) is 1.85. The first-order valence-electron chi connectivity index (χ1n) is 4.51. The highest BCUT2D eigenvalue weighted by atomic mass is 16.1. The lowest BCUT2D eigenvalue weighted by Crippen LogP contribution is -2.22. The zero-order valence-electron chi connectivity index (χ0n) is 8.93. The Bertz CT molecular complexity index is 444. The van der Waals surface area contributed by atoms with Gasteiger partial charge in [0.15, 0.2) is 0 Å². The van der Waals surface area contributed by atoms with Crippen molar-refractivity contribution in [3.63, 3.8) is 0 Å². The molecule has 1 aromatic rings. The van der Waals surface area contributed by atoms with E-state index in [9.17, 15) is 4.79 Å². The molecule has 3 heteroatoms. The van der Waals surface area contributed by atoms with Crippen molar-refractivity contribution in [1.82, 2.24) is 4.98 Å². The molecule has 1 N–H and O–H groups in total. The fourth-order valence-electron chi connectivity index (χ4n) is 1.39. The van der Waals surface area contributed by atoms with Crippen molar-refractivity contribution < 1.29 is 0 Å². The van der Waals surface area contributed by atoms with Gasteiger partial charge in [0, 0.05) is 5.69 Å². The zero-order valence-corrected chi connectivity index (χ0v) is 8.93. The smallest absolute Gasteiger partial charge is 0.266 e. The van der Waals surface area contributed by atoms with Crippen LogP contribution in [0.4, 0.5) is 0 Å². The quantitative estimate of drug-likeness (QED) is 0.678. The number of nitriles is 1. The van der Waals surface area contributed by atoms with Crippen molar-refractivity contribution in [2.75, 3.05) is 0 Å². The fraction of sp³-hybridized carbons (Fsp3) is 0.455. The average Bonchev–Trinajstić information content (AvgIpc) is 2.01. The summed E-state index contributed by atoms with van der Waals surface area (Å²) in [5.74, 6) is 0. The first-order valence-corrected chi connectivity index (χ1v) is 4.51. The molecule has 0 saturated heterocycles. The van der Waals surface area contributed by atoms with Crippen LogP contribution in [0.3, 0.4) is 0 Å². The molecule has 0 aliphatic heterocycles. The fourth-order valence-corrected chi connectivity index (χ4v) is 1.39. The van der Waals surface area contributed by atoms with Crippen molar-refractivity contribution in [3.8, 4) is 6.07 Å². The Kier molecular flexibility index (Phi) is 2.48. The number of hydrogen-bond acceptors (Lipinski definition) is 2. The highest BCUT2D eigenvalue weighted by Crippen LogP contribution is 2.23. The van der Waals surface area contributed by atoms with Gasteiger partial charge in [-0.15, -0.1) is 0 Å². The molecule has 0 aliphatic rings. The number of aryl methyl sites for hydroxylation is 1. The van der Waals surface area contributed by atoms with E-state index in [4.69, 9.17) is 5.26 Å². The summed E-state index contributed by atoms with van der Waals surface area (Å²) in [6, 6.07) is 3.81. The predicted molar refractivity (Wildman–Crippen MR) is 55.2 cm³/mol. The van der Waals surface area contributed by atoms with Crippen molar-refractivity contribution in [2.24, 2.45) is 0 Å². The van der Waals surface area contributed by atoms with Crippen LogP contribution in [0.5, 0.6) is 0 Å². The van der Waals surface area contributed by atoms with Crippen LogP contribution in [0.15, 0.2) is 10.9 Å². The van der Waals surface area contributed by atoms with Crippen molar-refractivity contribution in [1.29, 1.82) is 5.26 Å². The van der Waals surface area contributed by atoms with Gasteiger partial charge in [-0.3, -0.25) is 4.79 Å². The molecule has 1 heterocycles. The minimum absolute atomic E-state index is 0.177. The highest BCUT2D eigenvalue weighted by molar-refractivity contribution is 5.40. The van der Waals surface area contributed by atoms with Gasteiger partial charge in [0.1, 0.15) is 11.6 Å². The average molecular weight is 190 g/mol. The molecule has 3 nitrogen and oxygen atoms in total. The maximum absolute atomic E-state index is 11.5. The van der Waals surface area contributed by atoms with Gasteiger partial charge in [-0.05, 0) is 24.0 Å². The molecule has 0 spiro atoms. The molecule has 0 amide bonds. The first-order chi connectivity index (χ1) is 6.36. The summed E-state index contributed by atoms with van der Waals surface area (Å²) in [6.45, 7) is 7.78. The monoisotopic (exact) mass is 190 g/mol. The van der Waals surface area contributed by atoms with Gasteiger partial charge in [-0.1, -0.05) is 20.8 Å². The van der Waals surface area contributed by atoms with Crippen LogP contribution in [-0.2, 0) is 5.41 Å². The van der Waals surface area contributed by atoms with E-state index in [2.05, 4.69) is 4.98 Å². The van der Waals surface area contributed by atoms with Crippen LogP contribution in [0.2, 0.25) is 0 Å². The van der Waals surface area contributed by atoms with E-state index in [0.717, 1.165) is 11.3 Å². The van der Waals surface area contributed by atoms with E-state index in [1.54, 1.807) is 0 Å². The number of aromatic amines is 1. The maximum Gasteiger partial charge on any atom is 0.266 e. The van der Waals surface area contributed by atoms with Crippen molar-refractivity contribution >= 4 is 0 Å². The van der Waals surface area contributed by atoms with Gasteiger partial charge < -0.3 is 4.98 Å². The van der Waals surface area contributed by atoms with Crippen molar-refractivity contribution in [3.05, 3.63) is 33.2 Å². The largest absolute Gasteiger partial charge is 0.325 e. The van der Waals surface area contributed by atoms with E-state index in [0.29, 0.717) is 0 Å². The van der Waals surface area contributed by atoms with E-state index in [-0.39, 0.29) is 16.5 Å². The Morgan fingerprint density at radius 1 is 1.43 bits per heavy atom. The second kappa shape index (κ2) is 3.30. The van der Waals surface area contributed by atoms with Crippen LogP contribution in [-0.4, -0.2) is 4.98 Å². The number of aromatic nitrogens is 1. The number of pyridine rings is 1. The number of H-pyrrole nitrogens is 1. The SMILES string of the molecule is Cc1cc(C(C)(C)C)c(C#N)c(=O)[nH]1. The van der Waals surface area contributed by atoms with Crippen LogP contribution >= 0.6 is 0 Å². The van der Waals surface area contributed by atoms with E-state index in [1.807, 2.05) is 39.8 Å². The molecule has 1 aromatic heterocycles. The molecule has 0 radical (unpaired) electrons. The molecule has 0 fully saturated rings. The molecular formula is C11H14N2O. The molecule has 14 heavy (non-hydrogen) atoms. The summed E-state index contributed by atoms with van der Waals surface area (Å²) < 4.78 is 0. The number of nitrogens with one attached hydrogen (secondary N) is 1. The highest BCUT2D eigenvalue weighted by Gasteiger charge is 2.20. The van der Waals surface area contributed by atoms with Gasteiger partial charge in [0.25, 0.3) is 5.56 Å². The van der Waals surface area contributed by atoms with Crippen LogP contribution in [0.1, 0.15) is 37.6 Å². The number of nitrogens with zero attached hydrogens (tertiary/aromatic N) is 1. The van der Waals surface area contributed by atoms with Crippen molar-refractivity contribution in [2.45, 2.75) is 33.1 Å². The lowest BCUT2D eigenvalue weighted by atomic mass is 9.84. The number of hydrogen-bond donors (Lipinski definition) is 1.